The number of hydrogen-bond donors (Lipinski definition) is 1. The number of carbonyl (C=O) groups is 2. The third-order valence-corrected chi connectivity index (χ3v) is 3.98. The van der Waals surface area contributed by atoms with Crippen LogP contribution in [0.15, 0.2) is 36.4 Å². The zero-order valence-corrected chi connectivity index (χ0v) is 15.4. The highest BCUT2D eigenvalue weighted by molar-refractivity contribution is 6.35. The van der Waals surface area contributed by atoms with Gasteiger partial charge in [0.25, 0.3) is 5.91 Å². The maximum absolute atomic E-state index is 12.3. The van der Waals surface area contributed by atoms with E-state index in [4.69, 9.17) is 32.7 Å². The molecular formula is C18H17Cl2NO4. The summed E-state index contributed by atoms with van der Waals surface area (Å²) < 4.78 is 10.4. The summed E-state index contributed by atoms with van der Waals surface area (Å²) in [4.78, 5) is 24.6. The van der Waals surface area contributed by atoms with Gasteiger partial charge < -0.3 is 14.8 Å². The largest absolute Gasteiger partial charge is 0.496 e. The van der Waals surface area contributed by atoms with Crippen molar-refractivity contribution in [1.82, 2.24) is 0 Å². The quantitative estimate of drug-likeness (QED) is 0.774. The molecular weight excluding hydrogens is 365 g/mol. The van der Waals surface area contributed by atoms with Gasteiger partial charge in [0.15, 0.2) is 6.10 Å². The molecule has 2 rings (SSSR count). The lowest BCUT2D eigenvalue weighted by Gasteiger charge is -2.15. The number of carbonyl (C=O) groups excluding carboxylic acids is 2. The molecule has 0 fully saturated rings. The molecule has 1 N–H and O–H groups in total. The lowest BCUT2D eigenvalue weighted by Crippen LogP contribution is -2.30. The average Bonchev–Trinajstić information content (AvgIpc) is 2.57. The Bertz CT molecular complexity index is 808. The lowest BCUT2D eigenvalue weighted by molar-refractivity contribution is -0.123. The monoisotopic (exact) mass is 381 g/mol. The van der Waals surface area contributed by atoms with Crippen molar-refractivity contribution in [2.24, 2.45) is 0 Å². The van der Waals surface area contributed by atoms with Gasteiger partial charge in [0.2, 0.25) is 0 Å². The third kappa shape index (κ3) is 4.87. The van der Waals surface area contributed by atoms with E-state index in [1.54, 1.807) is 24.3 Å². The number of rotatable bonds is 5. The van der Waals surface area contributed by atoms with Crippen LogP contribution in [0.3, 0.4) is 0 Å². The second kappa shape index (κ2) is 8.23. The molecule has 2 aromatic rings. The molecule has 2 aromatic carbocycles. The van der Waals surface area contributed by atoms with E-state index in [1.807, 2.05) is 13.0 Å². The first-order valence-corrected chi connectivity index (χ1v) is 8.19. The molecule has 0 heterocycles. The van der Waals surface area contributed by atoms with Crippen molar-refractivity contribution in [3.05, 3.63) is 57.6 Å². The molecule has 1 amide bonds. The first-order chi connectivity index (χ1) is 11.8. The number of methoxy groups -OCH3 is 1. The van der Waals surface area contributed by atoms with Gasteiger partial charge in [0.1, 0.15) is 11.3 Å². The summed E-state index contributed by atoms with van der Waals surface area (Å²) in [5.74, 6) is -0.800. The van der Waals surface area contributed by atoms with Crippen LogP contribution in [0.4, 0.5) is 5.69 Å². The summed E-state index contributed by atoms with van der Waals surface area (Å²) in [5, 5.41) is 3.34. The number of benzene rings is 2. The van der Waals surface area contributed by atoms with Crippen molar-refractivity contribution in [2.45, 2.75) is 20.0 Å². The Kier molecular flexibility index (Phi) is 6.28. The summed E-state index contributed by atoms with van der Waals surface area (Å²) in [6.07, 6.45) is -1.03. The van der Waals surface area contributed by atoms with Gasteiger partial charge in [-0.2, -0.15) is 0 Å². The van der Waals surface area contributed by atoms with E-state index in [9.17, 15) is 9.59 Å². The van der Waals surface area contributed by atoms with E-state index >= 15 is 0 Å². The lowest BCUT2D eigenvalue weighted by atomic mass is 10.1. The molecule has 0 aromatic heterocycles. The minimum Gasteiger partial charge on any atom is -0.496 e. The van der Waals surface area contributed by atoms with E-state index in [2.05, 4.69) is 5.32 Å². The molecule has 0 aliphatic rings. The summed E-state index contributed by atoms with van der Waals surface area (Å²) in [6, 6.07) is 9.80. The number of nitrogens with one attached hydrogen (secondary N) is 1. The van der Waals surface area contributed by atoms with Crippen molar-refractivity contribution in [3.8, 4) is 5.75 Å². The molecule has 0 radical (unpaired) electrons. The molecule has 5 nitrogen and oxygen atoms in total. The van der Waals surface area contributed by atoms with Crippen LogP contribution >= 0.6 is 23.2 Å². The second-order valence-corrected chi connectivity index (χ2v) is 6.21. The number of amides is 1. The fourth-order valence-electron chi connectivity index (χ4n) is 2.09. The molecule has 0 aliphatic carbocycles. The average molecular weight is 382 g/mol. The zero-order chi connectivity index (χ0) is 18.6. The Morgan fingerprint density at radius 2 is 1.84 bits per heavy atom. The Hall–Kier alpha value is -2.24. The Labute approximate surface area is 155 Å². The summed E-state index contributed by atoms with van der Waals surface area (Å²) >= 11 is 11.9. The van der Waals surface area contributed by atoms with Gasteiger partial charge in [-0.3, -0.25) is 4.79 Å². The summed E-state index contributed by atoms with van der Waals surface area (Å²) in [5.41, 5.74) is 1.47. The Balaban J connectivity index is 2.09. The van der Waals surface area contributed by atoms with E-state index in [1.165, 1.54) is 20.1 Å². The minimum atomic E-state index is -1.03. The van der Waals surface area contributed by atoms with Crippen molar-refractivity contribution < 1.29 is 19.1 Å². The normalized spacial score (nSPS) is 11.6. The molecule has 7 heteroatoms. The Morgan fingerprint density at radius 3 is 2.52 bits per heavy atom. The van der Waals surface area contributed by atoms with Crippen LogP contribution in [0.5, 0.6) is 5.75 Å². The van der Waals surface area contributed by atoms with Crippen LogP contribution in [0.2, 0.25) is 10.0 Å². The molecule has 0 bridgehead atoms. The molecule has 1 atom stereocenters. The van der Waals surface area contributed by atoms with Crippen LogP contribution in [-0.4, -0.2) is 25.1 Å². The van der Waals surface area contributed by atoms with Gasteiger partial charge in [-0.15, -0.1) is 0 Å². The van der Waals surface area contributed by atoms with Gasteiger partial charge in [0, 0.05) is 5.02 Å². The summed E-state index contributed by atoms with van der Waals surface area (Å²) in [6.45, 7) is 3.31. The van der Waals surface area contributed by atoms with Gasteiger partial charge >= 0.3 is 5.97 Å². The second-order valence-electron chi connectivity index (χ2n) is 5.36. The highest BCUT2D eigenvalue weighted by Crippen LogP contribution is 2.26. The maximum Gasteiger partial charge on any atom is 0.342 e. The number of hydrogen-bond acceptors (Lipinski definition) is 4. The maximum atomic E-state index is 12.3. The first kappa shape index (κ1) is 19.1. The number of esters is 1. The molecule has 25 heavy (non-hydrogen) atoms. The number of ether oxygens (including phenoxy) is 2. The van der Waals surface area contributed by atoms with Gasteiger partial charge in [0.05, 0.1) is 17.8 Å². The van der Waals surface area contributed by atoms with Crippen LogP contribution in [0, 0.1) is 6.92 Å². The van der Waals surface area contributed by atoms with Crippen molar-refractivity contribution in [1.29, 1.82) is 0 Å². The molecule has 0 spiro atoms. The molecule has 0 saturated carbocycles. The highest BCUT2D eigenvalue weighted by Gasteiger charge is 2.22. The minimum absolute atomic E-state index is 0.253. The van der Waals surface area contributed by atoms with Crippen LogP contribution in [0.25, 0.3) is 0 Å². The zero-order valence-electron chi connectivity index (χ0n) is 13.9. The van der Waals surface area contributed by atoms with Gasteiger partial charge in [-0.05, 0) is 44.2 Å². The molecule has 0 aliphatic heterocycles. The highest BCUT2D eigenvalue weighted by atomic mass is 35.5. The predicted octanol–water partition coefficient (Wildman–Crippen LogP) is 4.49. The van der Waals surface area contributed by atoms with E-state index in [-0.39, 0.29) is 5.56 Å². The van der Waals surface area contributed by atoms with E-state index in [0.717, 1.165) is 5.56 Å². The fraction of sp³-hybridized carbons (Fsp3) is 0.222. The topological polar surface area (TPSA) is 64.6 Å². The van der Waals surface area contributed by atoms with Crippen LogP contribution in [0.1, 0.15) is 22.8 Å². The Morgan fingerprint density at radius 1 is 1.12 bits per heavy atom. The standard InChI is InChI=1S/C18H17Cl2NO4/c1-10-4-7-16(24-3)13(8-10)18(23)25-11(2)17(22)21-15-9-12(19)5-6-14(15)20/h4-9,11H,1-3H3,(H,21,22). The van der Waals surface area contributed by atoms with Crippen molar-refractivity contribution in [3.63, 3.8) is 0 Å². The molecule has 132 valence electrons. The number of halogens is 2. The van der Waals surface area contributed by atoms with Crippen molar-refractivity contribution >= 4 is 40.8 Å². The fourth-order valence-corrected chi connectivity index (χ4v) is 2.42. The van der Waals surface area contributed by atoms with Crippen molar-refractivity contribution in [2.75, 3.05) is 12.4 Å². The predicted molar refractivity (Wildman–Crippen MR) is 97.7 cm³/mol. The van der Waals surface area contributed by atoms with Crippen LogP contribution < -0.4 is 10.1 Å². The van der Waals surface area contributed by atoms with Crippen LogP contribution in [-0.2, 0) is 9.53 Å². The first-order valence-electron chi connectivity index (χ1n) is 7.43. The summed E-state index contributed by atoms with van der Waals surface area (Å²) in [7, 11) is 1.46. The van der Waals surface area contributed by atoms with Gasteiger partial charge in [-0.1, -0.05) is 34.8 Å². The number of aryl methyl sites for hydroxylation is 1. The van der Waals surface area contributed by atoms with E-state index < -0.39 is 18.0 Å². The van der Waals surface area contributed by atoms with Gasteiger partial charge in [-0.25, -0.2) is 4.79 Å². The SMILES string of the molecule is COc1ccc(C)cc1C(=O)OC(C)C(=O)Nc1cc(Cl)ccc1Cl. The van der Waals surface area contributed by atoms with E-state index in [0.29, 0.717) is 21.5 Å². The third-order valence-electron chi connectivity index (χ3n) is 3.41. The molecule has 1 unspecified atom stereocenters. The number of anilines is 1. The smallest absolute Gasteiger partial charge is 0.342 e. The molecule has 0 saturated heterocycles.